The molecule has 2 N–H and O–H groups in total. The maximum absolute atomic E-state index is 12.2. The molecule has 4 nitrogen and oxygen atoms in total. The minimum Gasteiger partial charge on any atom is -0.383 e. The van der Waals surface area contributed by atoms with E-state index in [1.807, 2.05) is 0 Å². The molecule has 0 aliphatic heterocycles. The van der Waals surface area contributed by atoms with Crippen molar-refractivity contribution >= 4 is 23.4 Å². The molecule has 19 heavy (non-hydrogen) atoms. The molecule has 0 saturated carbocycles. The number of methoxy groups -OCH3 is 1. The van der Waals surface area contributed by atoms with Crippen LogP contribution in [0.25, 0.3) is 0 Å². The smallest absolute Gasteiger partial charge is 0.288 e. The van der Waals surface area contributed by atoms with Crippen molar-refractivity contribution in [3.8, 4) is 0 Å². The number of hydrogen-bond acceptors (Lipinski definition) is 4. The van der Waals surface area contributed by atoms with Gasteiger partial charge >= 0.3 is 0 Å². The standard InChI is InChI=1S/C12H16F2N2O2S/c1-18-6-5-15-8-11(17)16-9-3-2-4-10(7-9)19-12(13)14/h2-4,7,12,15H,5-6,8H2,1H3,(H,16,17). The number of nitrogens with one attached hydrogen (secondary N) is 2. The first kappa shape index (κ1) is 15.9. The highest BCUT2D eigenvalue weighted by Gasteiger charge is 2.07. The van der Waals surface area contributed by atoms with Crippen molar-refractivity contribution in [2.75, 3.05) is 32.1 Å². The van der Waals surface area contributed by atoms with Crippen LogP contribution in [0, 0.1) is 0 Å². The fourth-order valence-electron chi connectivity index (χ4n) is 1.33. The second-order valence-electron chi connectivity index (χ2n) is 3.62. The lowest BCUT2D eigenvalue weighted by Crippen LogP contribution is -2.30. The van der Waals surface area contributed by atoms with Gasteiger partial charge in [0.2, 0.25) is 5.91 Å². The quantitative estimate of drug-likeness (QED) is 0.569. The molecule has 0 atom stereocenters. The minimum atomic E-state index is -2.47. The van der Waals surface area contributed by atoms with Gasteiger partial charge in [0.1, 0.15) is 0 Å². The van der Waals surface area contributed by atoms with Crippen LogP contribution in [0.4, 0.5) is 14.5 Å². The second-order valence-corrected chi connectivity index (χ2v) is 4.69. The van der Waals surface area contributed by atoms with E-state index in [0.717, 1.165) is 0 Å². The van der Waals surface area contributed by atoms with E-state index in [1.54, 1.807) is 25.3 Å². The van der Waals surface area contributed by atoms with E-state index in [-0.39, 0.29) is 12.5 Å². The third kappa shape index (κ3) is 7.09. The molecule has 0 aromatic heterocycles. The molecule has 0 radical (unpaired) electrons. The first-order chi connectivity index (χ1) is 9.11. The second kappa shape index (κ2) is 8.84. The van der Waals surface area contributed by atoms with Gasteiger partial charge in [0.15, 0.2) is 0 Å². The lowest BCUT2D eigenvalue weighted by Gasteiger charge is -2.08. The Kier molecular flexibility index (Phi) is 7.39. The van der Waals surface area contributed by atoms with E-state index < -0.39 is 5.76 Å². The van der Waals surface area contributed by atoms with Crippen molar-refractivity contribution in [2.45, 2.75) is 10.7 Å². The zero-order chi connectivity index (χ0) is 14.1. The van der Waals surface area contributed by atoms with E-state index in [2.05, 4.69) is 10.6 Å². The molecule has 7 heteroatoms. The number of hydrogen-bond donors (Lipinski definition) is 2. The van der Waals surface area contributed by atoms with Crippen molar-refractivity contribution in [2.24, 2.45) is 0 Å². The van der Waals surface area contributed by atoms with Gasteiger partial charge < -0.3 is 15.4 Å². The van der Waals surface area contributed by atoms with Gasteiger partial charge in [-0.25, -0.2) is 0 Å². The summed E-state index contributed by atoms with van der Waals surface area (Å²) in [6.07, 6.45) is 0. The summed E-state index contributed by atoms with van der Waals surface area (Å²) >= 11 is 0.447. The summed E-state index contributed by atoms with van der Waals surface area (Å²) in [7, 11) is 1.58. The van der Waals surface area contributed by atoms with Gasteiger partial charge in [-0.15, -0.1) is 0 Å². The highest BCUT2D eigenvalue weighted by atomic mass is 32.2. The zero-order valence-electron chi connectivity index (χ0n) is 10.5. The maximum atomic E-state index is 12.2. The number of amides is 1. The van der Waals surface area contributed by atoms with Crippen LogP contribution >= 0.6 is 11.8 Å². The van der Waals surface area contributed by atoms with Crippen molar-refractivity contribution in [3.63, 3.8) is 0 Å². The van der Waals surface area contributed by atoms with E-state index in [4.69, 9.17) is 4.74 Å². The van der Waals surface area contributed by atoms with E-state index >= 15 is 0 Å². The average molecular weight is 290 g/mol. The van der Waals surface area contributed by atoms with Crippen LogP contribution in [0.5, 0.6) is 0 Å². The van der Waals surface area contributed by atoms with E-state index in [0.29, 0.717) is 35.5 Å². The summed E-state index contributed by atoms with van der Waals surface area (Å²) in [6, 6.07) is 6.37. The Balaban J connectivity index is 2.41. The van der Waals surface area contributed by atoms with Crippen LogP contribution in [-0.2, 0) is 9.53 Å². The predicted molar refractivity (Wildman–Crippen MR) is 71.7 cm³/mol. The van der Waals surface area contributed by atoms with Gasteiger partial charge in [-0.05, 0) is 18.2 Å². The van der Waals surface area contributed by atoms with Crippen LogP contribution in [0.1, 0.15) is 0 Å². The number of thioether (sulfide) groups is 1. The van der Waals surface area contributed by atoms with Crippen LogP contribution in [0.15, 0.2) is 29.2 Å². The van der Waals surface area contributed by atoms with Gasteiger partial charge in [0, 0.05) is 24.2 Å². The molecule has 0 heterocycles. The largest absolute Gasteiger partial charge is 0.383 e. The number of carbonyl (C=O) groups excluding carboxylic acids is 1. The molecule has 0 spiro atoms. The first-order valence-corrected chi connectivity index (χ1v) is 6.54. The average Bonchev–Trinajstić information content (AvgIpc) is 2.34. The Bertz CT molecular complexity index is 405. The molecule has 0 bridgehead atoms. The van der Waals surface area contributed by atoms with Crippen molar-refractivity contribution in [3.05, 3.63) is 24.3 Å². The number of rotatable bonds is 8. The Morgan fingerprint density at radius 1 is 1.47 bits per heavy atom. The summed E-state index contributed by atoms with van der Waals surface area (Å²) in [6.45, 7) is 1.24. The summed E-state index contributed by atoms with van der Waals surface area (Å²) in [5.41, 5.74) is 0.504. The van der Waals surface area contributed by atoms with Crippen LogP contribution in [0.3, 0.4) is 0 Å². The minimum absolute atomic E-state index is 0.148. The molecule has 106 valence electrons. The van der Waals surface area contributed by atoms with Crippen LogP contribution in [-0.4, -0.2) is 38.5 Å². The van der Waals surface area contributed by atoms with Crippen molar-refractivity contribution in [1.29, 1.82) is 0 Å². The molecule has 0 unspecified atom stereocenters. The number of halogens is 2. The number of benzene rings is 1. The fraction of sp³-hybridized carbons (Fsp3) is 0.417. The predicted octanol–water partition coefficient (Wildman–Crippen LogP) is 2.18. The first-order valence-electron chi connectivity index (χ1n) is 5.66. The molecule has 0 aliphatic rings. The molecular formula is C12H16F2N2O2S. The Morgan fingerprint density at radius 2 is 2.26 bits per heavy atom. The zero-order valence-corrected chi connectivity index (χ0v) is 11.3. The summed E-state index contributed by atoms with van der Waals surface area (Å²) in [5.74, 6) is -2.70. The SMILES string of the molecule is COCCNCC(=O)Nc1cccc(SC(F)F)c1. The topological polar surface area (TPSA) is 50.4 Å². The lowest BCUT2D eigenvalue weighted by molar-refractivity contribution is -0.115. The maximum Gasteiger partial charge on any atom is 0.288 e. The number of ether oxygens (including phenoxy) is 1. The van der Waals surface area contributed by atoms with Gasteiger partial charge in [-0.1, -0.05) is 17.8 Å². The molecule has 1 aromatic carbocycles. The monoisotopic (exact) mass is 290 g/mol. The van der Waals surface area contributed by atoms with Crippen LogP contribution < -0.4 is 10.6 Å². The molecule has 1 amide bonds. The highest BCUT2D eigenvalue weighted by molar-refractivity contribution is 7.99. The Labute approximate surface area is 114 Å². The molecule has 0 fully saturated rings. The number of alkyl halides is 2. The van der Waals surface area contributed by atoms with Crippen LogP contribution in [0.2, 0.25) is 0 Å². The Morgan fingerprint density at radius 3 is 2.95 bits per heavy atom. The molecule has 0 aliphatic carbocycles. The van der Waals surface area contributed by atoms with Gasteiger partial charge in [0.05, 0.1) is 13.2 Å². The summed E-state index contributed by atoms with van der Waals surface area (Å²) in [5, 5.41) is 5.52. The normalized spacial score (nSPS) is 10.7. The third-order valence-electron chi connectivity index (χ3n) is 2.11. The lowest BCUT2D eigenvalue weighted by atomic mass is 10.3. The van der Waals surface area contributed by atoms with Crippen molar-refractivity contribution in [1.82, 2.24) is 5.32 Å². The van der Waals surface area contributed by atoms with E-state index in [1.165, 1.54) is 6.07 Å². The van der Waals surface area contributed by atoms with E-state index in [9.17, 15) is 13.6 Å². The third-order valence-corrected chi connectivity index (χ3v) is 2.82. The highest BCUT2D eigenvalue weighted by Crippen LogP contribution is 2.26. The summed E-state index contributed by atoms with van der Waals surface area (Å²) in [4.78, 5) is 12.0. The van der Waals surface area contributed by atoms with Gasteiger partial charge in [-0.2, -0.15) is 8.78 Å². The molecule has 1 rings (SSSR count). The Hall–Kier alpha value is -1.18. The van der Waals surface area contributed by atoms with Crippen molar-refractivity contribution < 1.29 is 18.3 Å². The van der Waals surface area contributed by atoms with Gasteiger partial charge in [0.25, 0.3) is 5.76 Å². The van der Waals surface area contributed by atoms with Gasteiger partial charge in [-0.3, -0.25) is 4.79 Å². The number of carbonyl (C=O) groups is 1. The molecule has 1 aromatic rings. The number of anilines is 1. The fourth-order valence-corrected chi connectivity index (χ4v) is 1.89. The molecule has 0 saturated heterocycles. The molecular weight excluding hydrogens is 274 g/mol. The summed E-state index contributed by atoms with van der Waals surface area (Å²) < 4.78 is 29.2.